The van der Waals surface area contributed by atoms with Gasteiger partial charge in [0.1, 0.15) is 5.75 Å². The van der Waals surface area contributed by atoms with Crippen molar-refractivity contribution < 1.29 is 19.1 Å². The number of carbonyl (C=O) groups excluding carboxylic acids is 2. The second kappa shape index (κ2) is 7.77. The van der Waals surface area contributed by atoms with Gasteiger partial charge in [-0.05, 0) is 32.3 Å². The van der Waals surface area contributed by atoms with Gasteiger partial charge in [0.05, 0.1) is 25.2 Å². The van der Waals surface area contributed by atoms with Crippen LogP contribution in [0.3, 0.4) is 0 Å². The predicted octanol–water partition coefficient (Wildman–Crippen LogP) is 3.62. The number of Topliss-reactive ketones (excluding diaryl/α,β-unsaturated/α-hetero) is 1. The molecule has 138 valence electrons. The quantitative estimate of drug-likeness (QED) is 0.818. The normalized spacial score (nSPS) is 19.8. The number of nitrogens with one attached hydrogen (secondary N) is 1. The number of rotatable bonds is 5. The lowest BCUT2D eigenvalue weighted by molar-refractivity contribution is -0.139. The molecule has 0 saturated carbocycles. The average Bonchev–Trinajstić information content (AvgIpc) is 2.65. The second-order valence-corrected chi connectivity index (χ2v) is 6.64. The van der Waals surface area contributed by atoms with Gasteiger partial charge in [-0.3, -0.25) is 4.79 Å². The van der Waals surface area contributed by atoms with Crippen LogP contribution < -0.4 is 10.1 Å². The molecule has 0 amide bonds. The van der Waals surface area contributed by atoms with Gasteiger partial charge < -0.3 is 14.8 Å². The summed E-state index contributed by atoms with van der Waals surface area (Å²) in [4.78, 5) is 25.6. The first-order valence-corrected chi connectivity index (χ1v) is 9.12. The second-order valence-electron chi connectivity index (χ2n) is 6.64. The van der Waals surface area contributed by atoms with Gasteiger partial charge in [-0.2, -0.15) is 0 Å². The van der Waals surface area contributed by atoms with Crippen LogP contribution in [-0.4, -0.2) is 25.5 Å². The number of benzene rings is 1. The van der Waals surface area contributed by atoms with Gasteiger partial charge in [0.15, 0.2) is 5.78 Å². The highest BCUT2D eigenvalue weighted by Gasteiger charge is 2.40. The standard InChI is InChI=1S/C21H25NO4/c1-4-12-26-21(24)18-13(2)22-15-9-7-10-16(23)20(15)19(18)14-8-5-6-11-17(14)25-3/h5-6,8,11,19,22H,4,7,9-10,12H2,1-3H3/t19-/m0/s1. The van der Waals surface area contributed by atoms with Crippen molar-refractivity contribution >= 4 is 11.8 Å². The van der Waals surface area contributed by atoms with Crippen LogP contribution in [-0.2, 0) is 14.3 Å². The van der Waals surface area contributed by atoms with E-state index in [1.54, 1.807) is 7.11 Å². The topological polar surface area (TPSA) is 64.6 Å². The molecule has 0 unspecified atom stereocenters. The molecular weight excluding hydrogens is 330 g/mol. The summed E-state index contributed by atoms with van der Waals surface area (Å²) >= 11 is 0. The highest BCUT2D eigenvalue weighted by atomic mass is 16.5. The molecule has 5 nitrogen and oxygen atoms in total. The molecule has 26 heavy (non-hydrogen) atoms. The van der Waals surface area contributed by atoms with E-state index in [0.717, 1.165) is 36.2 Å². The fraction of sp³-hybridized carbons (Fsp3) is 0.429. The van der Waals surface area contributed by atoms with Crippen molar-refractivity contribution in [2.24, 2.45) is 0 Å². The van der Waals surface area contributed by atoms with Gasteiger partial charge in [0.2, 0.25) is 0 Å². The summed E-state index contributed by atoms with van der Waals surface area (Å²) in [6.07, 6.45) is 2.88. The Morgan fingerprint density at radius 1 is 1.27 bits per heavy atom. The van der Waals surface area contributed by atoms with Crippen LogP contribution in [0.4, 0.5) is 0 Å². The first-order valence-electron chi connectivity index (χ1n) is 9.12. The van der Waals surface area contributed by atoms with Crippen molar-refractivity contribution in [1.29, 1.82) is 0 Å². The number of ketones is 1. The van der Waals surface area contributed by atoms with E-state index in [-0.39, 0.29) is 11.8 Å². The molecule has 1 aromatic rings. The van der Waals surface area contributed by atoms with Crippen LogP contribution in [0.25, 0.3) is 0 Å². The van der Waals surface area contributed by atoms with Gasteiger partial charge in [-0.15, -0.1) is 0 Å². The number of carbonyl (C=O) groups is 2. The number of dihydropyridines is 1. The zero-order valence-electron chi connectivity index (χ0n) is 15.6. The summed E-state index contributed by atoms with van der Waals surface area (Å²) in [6.45, 7) is 4.18. The Kier molecular flexibility index (Phi) is 5.45. The number of allylic oxidation sites excluding steroid dienone is 3. The number of methoxy groups -OCH3 is 1. The number of ether oxygens (including phenoxy) is 2. The van der Waals surface area contributed by atoms with Gasteiger partial charge in [-0.1, -0.05) is 25.1 Å². The molecule has 0 aromatic heterocycles. The minimum absolute atomic E-state index is 0.0861. The zero-order valence-corrected chi connectivity index (χ0v) is 15.6. The van der Waals surface area contributed by atoms with E-state index in [0.29, 0.717) is 29.9 Å². The third-order valence-electron chi connectivity index (χ3n) is 4.88. The molecule has 1 heterocycles. The lowest BCUT2D eigenvalue weighted by Gasteiger charge is -2.34. The zero-order chi connectivity index (χ0) is 18.7. The van der Waals surface area contributed by atoms with Crippen molar-refractivity contribution in [1.82, 2.24) is 5.32 Å². The fourth-order valence-corrected chi connectivity index (χ4v) is 3.74. The fourth-order valence-electron chi connectivity index (χ4n) is 3.74. The lowest BCUT2D eigenvalue weighted by atomic mass is 9.75. The van der Waals surface area contributed by atoms with E-state index in [1.165, 1.54) is 0 Å². The van der Waals surface area contributed by atoms with Gasteiger partial charge in [-0.25, -0.2) is 4.79 Å². The number of hydrogen-bond donors (Lipinski definition) is 1. The van der Waals surface area contributed by atoms with Crippen LogP contribution in [0.2, 0.25) is 0 Å². The van der Waals surface area contributed by atoms with E-state index < -0.39 is 5.92 Å². The van der Waals surface area contributed by atoms with Crippen LogP contribution >= 0.6 is 0 Å². The van der Waals surface area contributed by atoms with Crippen LogP contribution in [0.15, 0.2) is 46.8 Å². The van der Waals surface area contributed by atoms with Crippen molar-refractivity contribution in [3.8, 4) is 5.75 Å². The van der Waals surface area contributed by atoms with Crippen molar-refractivity contribution in [2.45, 2.75) is 45.4 Å². The maximum absolute atomic E-state index is 12.8. The van der Waals surface area contributed by atoms with E-state index >= 15 is 0 Å². The molecule has 1 aliphatic carbocycles. The summed E-state index contributed by atoms with van der Waals surface area (Å²) < 4.78 is 11.0. The van der Waals surface area contributed by atoms with Gasteiger partial charge in [0.25, 0.3) is 0 Å². The molecule has 0 spiro atoms. The van der Waals surface area contributed by atoms with Gasteiger partial charge in [0, 0.05) is 29.0 Å². The molecule has 0 bridgehead atoms. The van der Waals surface area contributed by atoms with E-state index in [9.17, 15) is 9.59 Å². The summed E-state index contributed by atoms with van der Waals surface area (Å²) in [5.74, 6) is -0.0848. The van der Waals surface area contributed by atoms with Crippen molar-refractivity contribution in [2.75, 3.05) is 13.7 Å². The molecule has 0 saturated heterocycles. The molecule has 5 heteroatoms. The van der Waals surface area contributed by atoms with Crippen molar-refractivity contribution in [3.63, 3.8) is 0 Å². The molecule has 0 fully saturated rings. The Labute approximate surface area is 154 Å². The summed E-state index contributed by atoms with van der Waals surface area (Å²) in [5.41, 5.74) is 3.66. The molecular formula is C21H25NO4. The third kappa shape index (κ3) is 3.26. The molecule has 1 N–H and O–H groups in total. The lowest BCUT2D eigenvalue weighted by Crippen LogP contribution is -2.34. The number of hydrogen-bond acceptors (Lipinski definition) is 5. The smallest absolute Gasteiger partial charge is 0.336 e. The molecule has 1 atom stereocenters. The number of esters is 1. The summed E-state index contributed by atoms with van der Waals surface area (Å²) in [6, 6.07) is 7.56. The van der Waals surface area contributed by atoms with Crippen LogP contribution in [0.1, 0.15) is 51.0 Å². The van der Waals surface area contributed by atoms with E-state index in [4.69, 9.17) is 9.47 Å². The highest BCUT2D eigenvalue weighted by molar-refractivity contribution is 6.04. The first-order chi connectivity index (χ1) is 12.6. The van der Waals surface area contributed by atoms with Gasteiger partial charge >= 0.3 is 5.97 Å². The van der Waals surface area contributed by atoms with Crippen LogP contribution in [0, 0.1) is 0 Å². The highest BCUT2D eigenvalue weighted by Crippen LogP contribution is 2.45. The maximum Gasteiger partial charge on any atom is 0.336 e. The Balaban J connectivity index is 2.16. The predicted molar refractivity (Wildman–Crippen MR) is 98.7 cm³/mol. The minimum Gasteiger partial charge on any atom is -0.496 e. The van der Waals surface area contributed by atoms with Crippen molar-refractivity contribution in [3.05, 3.63) is 52.4 Å². The summed E-state index contributed by atoms with van der Waals surface area (Å²) in [5, 5.41) is 3.29. The third-order valence-corrected chi connectivity index (χ3v) is 4.88. The molecule has 1 aliphatic heterocycles. The minimum atomic E-state index is -0.459. The van der Waals surface area contributed by atoms with E-state index in [2.05, 4.69) is 5.32 Å². The molecule has 3 rings (SSSR count). The average molecular weight is 355 g/mol. The SMILES string of the molecule is CCCOC(=O)C1=C(C)NC2=C(C(=O)CCC2)[C@H]1c1ccccc1OC. The Hall–Kier alpha value is -2.56. The Morgan fingerprint density at radius 2 is 2.04 bits per heavy atom. The number of para-hydroxylation sites is 1. The largest absolute Gasteiger partial charge is 0.496 e. The van der Waals surface area contributed by atoms with Crippen LogP contribution in [0.5, 0.6) is 5.75 Å². The maximum atomic E-state index is 12.8. The Morgan fingerprint density at radius 3 is 2.77 bits per heavy atom. The molecule has 2 aliphatic rings. The summed E-state index contributed by atoms with van der Waals surface area (Å²) in [7, 11) is 1.60. The Bertz CT molecular complexity index is 791. The van der Waals surface area contributed by atoms with E-state index in [1.807, 2.05) is 38.1 Å². The molecule has 0 radical (unpaired) electrons. The monoisotopic (exact) mass is 355 g/mol. The molecule has 1 aromatic carbocycles. The first kappa shape index (κ1) is 18.2.